The van der Waals surface area contributed by atoms with E-state index in [-0.39, 0.29) is 17.9 Å². The molecular formula is C17H24ClNO3. The maximum Gasteiger partial charge on any atom is 0.220 e. The zero-order chi connectivity index (χ0) is 15.8. The number of carbonyl (C=O) groups is 1. The molecular weight excluding hydrogens is 302 g/mol. The van der Waals surface area contributed by atoms with Crippen molar-refractivity contribution in [3.63, 3.8) is 0 Å². The summed E-state index contributed by atoms with van der Waals surface area (Å²) in [4.78, 5) is 12.0. The van der Waals surface area contributed by atoms with Crippen molar-refractivity contribution in [3.05, 3.63) is 34.9 Å². The lowest BCUT2D eigenvalue weighted by atomic mass is 9.81. The molecule has 0 bridgehead atoms. The molecule has 122 valence electrons. The molecule has 1 aliphatic rings. The molecule has 0 aliphatic carbocycles. The molecule has 1 heterocycles. The Morgan fingerprint density at radius 2 is 2.05 bits per heavy atom. The third-order valence-corrected chi connectivity index (χ3v) is 4.73. The number of aliphatic hydroxyl groups excluding tert-OH is 1. The zero-order valence-electron chi connectivity index (χ0n) is 12.8. The van der Waals surface area contributed by atoms with Crippen LogP contribution in [0.5, 0.6) is 0 Å². The van der Waals surface area contributed by atoms with Crippen molar-refractivity contribution in [3.8, 4) is 0 Å². The van der Waals surface area contributed by atoms with Gasteiger partial charge in [-0.2, -0.15) is 0 Å². The SMILES string of the molecule is O=C(CCCc1ccccc1Cl)NCC1(CO)CCOCC1. The molecule has 0 aromatic heterocycles. The maximum absolute atomic E-state index is 12.0. The topological polar surface area (TPSA) is 58.6 Å². The molecule has 1 aromatic carbocycles. The van der Waals surface area contributed by atoms with Gasteiger partial charge >= 0.3 is 0 Å². The monoisotopic (exact) mass is 325 g/mol. The van der Waals surface area contributed by atoms with Gasteiger partial charge in [0, 0.05) is 36.6 Å². The average Bonchev–Trinajstić information content (AvgIpc) is 2.56. The molecule has 0 radical (unpaired) electrons. The fourth-order valence-electron chi connectivity index (χ4n) is 2.71. The van der Waals surface area contributed by atoms with Crippen LogP contribution in [0.1, 0.15) is 31.2 Å². The normalized spacial score (nSPS) is 17.2. The minimum atomic E-state index is -0.212. The fraction of sp³-hybridized carbons (Fsp3) is 0.588. The first-order valence-corrected chi connectivity index (χ1v) is 8.22. The Morgan fingerprint density at radius 1 is 1.32 bits per heavy atom. The number of carbonyl (C=O) groups excluding carboxylic acids is 1. The van der Waals surface area contributed by atoms with Crippen LogP contribution in [0.25, 0.3) is 0 Å². The highest BCUT2D eigenvalue weighted by molar-refractivity contribution is 6.31. The van der Waals surface area contributed by atoms with Crippen LogP contribution in [0.3, 0.4) is 0 Å². The first-order chi connectivity index (χ1) is 10.7. The summed E-state index contributed by atoms with van der Waals surface area (Å²) in [5.74, 6) is 0.0337. The lowest BCUT2D eigenvalue weighted by Gasteiger charge is -2.35. The smallest absolute Gasteiger partial charge is 0.220 e. The standard InChI is InChI=1S/C17H24ClNO3/c18-15-6-2-1-4-14(15)5-3-7-16(21)19-12-17(13-20)8-10-22-11-9-17/h1-2,4,6,20H,3,5,7-13H2,(H,19,21). The molecule has 0 atom stereocenters. The van der Waals surface area contributed by atoms with Crippen molar-refractivity contribution < 1.29 is 14.6 Å². The van der Waals surface area contributed by atoms with Gasteiger partial charge < -0.3 is 15.2 Å². The molecule has 1 amide bonds. The summed E-state index contributed by atoms with van der Waals surface area (Å²) in [6.07, 6.45) is 3.63. The van der Waals surface area contributed by atoms with E-state index >= 15 is 0 Å². The van der Waals surface area contributed by atoms with Crippen molar-refractivity contribution in [1.82, 2.24) is 5.32 Å². The van der Waals surface area contributed by atoms with Gasteiger partial charge in [-0.25, -0.2) is 0 Å². The largest absolute Gasteiger partial charge is 0.396 e. The molecule has 1 aromatic rings. The van der Waals surface area contributed by atoms with Crippen LogP contribution in [-0.4, -0.2) is 37.4 Å². The van der Waals surface area contributed by atoms with Gasteiger partial charge in [0.25, 0.3) is 0 Å². The predicted molar refractivity (Wildman–Crippen MR) is 87.0 cm³/mol. The summed E-state index contributed by atoms with van der Waals surface area (Å²) in [5.41, 5.74) is 0.865. The maximum atomic E-state index is 12.0. The Kier molecular flexibility index (Phi) is 6.68. The van der Waals surface area contributed by atoms with Crippen LogP contribution >= 0.6 is 11.6 Å². The highest BCUT2D eigenvalue weighted by atomic mass is 35.5. The zero-order valence-corrected chi connectivity index (χ0v) is 13.6. The van der Waals surface area contributed by atoms with Crippen LogP contribution in [0.15, 0.2) is 24.3 Å². The highest BCUT2D eigenvalue weighted by Crippen LogP contribution is 2.29. The summed E-state index contributed by atoms with van der Waals surface area (Å²) in [5, 5.41) is 13.3. The molecule has 2 rings (SSSR count). The van der Waals surface area contributed by atoms with Crippen molar-refractivity contribution in [1.29, 1.82) is 0 Å². The average molecular weight is 326 g/mol. The van der Waals surface area contributed by atoms with Crippen molar-refractivity contribution in [2.45, 2.75) is 32.1 Å². The van der Waals surface area contributed by atoms with Crippen LogP contribution in [-0.2, 0) is 16.0 Å². The van der Waals surface area contributed by atoms with E-state index in [1.54, 1.807) is 0 Å². The summed E-state index contributed by atoms with van der Waals surface area (Å²) < 4.78 is 5.32. The van der Waals surface area contributed by atoms with Gasteiger partial charge in [0.15, 0.2) is 0 Å². The van der Waals surface area contributed by atoms with Gasteiger partial charge in [-0.3, -0.25) is 4.79 Å². The van der Waals surface area contributed by atoms with Crippen molar-refractivity contribution >= 4 is 17.5 Å². The minimum absolute atomic E-state index is 0.0337. The first-order valence-electron chi connectivity index (χ1n) is 7.84. The van der Waals surface area contributed by atoms with E-state index in [1.807, 2.05) is 24.3 Å². The minimum Gasteiger partial charge on any atom is -0.396 e. The van der Waals surface area contributed by atoms with E-state index < -0.39 is 0 Å². The predicted octanol–water partition coefficient (Wildman–Crippen LogP) is 2.57. The number of rotatable bonds is 7. The Bertz CT molecular complexity index is 487. The second-order valence-electron chi connectivity index (χ2n) is 5.99. The Balaban J connectivity index is 1.70. The van der Waals surface area contributed by atoms with Gasteiger partial charge in [0.2, 0.25) is 5.91 Å². The number of hydrogen-bond donors (Lipinski definition) is 2. The summed E-state index contributed by atoms with van der Waals surface area (Å²) >= 11 is 6.10. The highest BCUT2D eigenvalue weighted by Gasteiger charge is 2.32. The Labute approximate surface area is 136 Å². The second kappa shape index (κ2) is 8.51. The lowest BCUT2D eigenvalue weighted by molar-refractivity contribution is -0.122. The number of ether oxygens (including phenoxy) is 1. The third kappa shape index (κ3) is 4.97. The number of benzene rings is 1. The molecule has 1 saturated heterocycles. The van der Waals surface area contributed by atoms with Gasteiger partial charge in [-0.15, -0.1) is 0 Å². The molecule has 2 N–H and O–H groups in total. The molecule has 22 heavy (non-hydrogen) atoms. The molecule has 5 heteroatoms. The number of halogens is 1. The number of hydrogen-bond acceptors (Lipinski definition) is 3. The second-order valence-corrected chi connectivity index (χ2v) is 6.40. The van der Waals surface area contributed by atoms with Crippen molar-refractivity contribution in [2.24, 2.45) is 5.41 Å². The van der Waals surface area contributed by atoms with E-state index in [2.05, 4.69) is 5.32 Å². The van der Waals surface area contributed by atoms with Crippen molar-refractivity contribution in [2.75, 3.05) is 26.4 Å². The van der Waals surface area contributed by atoms with E-state index in [0.717, 1.165) is 36.3 Å². The number of aryl methyl sites for hydroxylation is 1. The van der Waals surface area contributed by atoms with Crippen LogP contribution in [0.4, 0.5) is 0 Å². The number of aliphatic hydroxyl groups is 1. The van der Waals surface area contributed by atoms with E-state index in [1.165, 1.54) is 0 Å². The quantitative estimate of drug-likeness (QED) is 0.810. The fourth-order valence-corrected chi connectivity index (χ4v) is 2.94. The molecule has 0 unspecified atom stereocenters. The number of amides is 1. The molecule has 1 aliphatic heterocycles. The van der Waals surface area contributed by atoms with E-state index in [0.29, 0.717) is 26.2 Å². The summed E-state index contributed by atoms with van der Waals surface area (Å²) in [6, 6.07) is 7.72. The molecule has 0 spiro atoms. The van der Waals surface area contributed by atoms with E-state index in [4.69, 9.17) is 16.3 Å². The summed E-state index contributed by atoms with van der Waals surface area (Å²) in [6.45, 7) is 1.93. The Morgan fingerprint density at radius 3 is 2.73 bits per heavy atom. The lowest BCUT2D eigenvalue weighted by Crippen LogP contribution is -2.43. The van der Waals surface area contributed by atoms with Gasteiger partial charge in [0.05, 0.1) is 6.61 Å². The first kappa shape index (κ1) is 17.3. The third-order valence-electron chi connectivity index (χ3n) is 4.36. The van der Waals surface area contributed by atoms with E-state index in [9.17, 15) is 9.90 Å². The molecule has 4 nitrogen and oxygen atoms in total. The van der Waals surface area contributed by atoms with Gasteiger partial charge in [0.1, 0.15) is 0 Å². The van der Waals surface area contributed by atoms with Gasteiger partial charge in [-0.05, 0) is 37.3 Å². The van der Waals surface area contributed by atoms with Crippen LogP contribution < -0.4 is 5.32 Å². The van der Waals surface area contributed by atoms with Gasteiger partial charge in [-0.1, -0.05) is 29.8 Å². The molecule has 0 saturated carbocycles. The van der Waals surface area contributed by atoms with Crippen LogP contribution in [0, 0.1) is 5.41 Å². The molecule has 1 fully saturated rings. The van der Waals surface area contributed by atoms with Crippen LogP contribution in [0.2, 0.25) is 5.02 Å². The number of nitrogens with one attached hydrogen (secondary N) is 1. The summed E-state index contributed by atoms with van der Waals surface area (Å²) in [7, 11) is 0. The Hall–Kier alpha value is -1.10.